The van der Waals surface area contributed by atoms with E-state index < -0.39 is 0 Å². The Kier molecular flexibility index (Phi) is 7.71. The van der Waals surface area contributed by atoms with E-state index in [0.29, 0.717) is 41.5 Å². The van der Waals surface area contributed by atoms with Gasteiger partial charge in [0.15, 0.2) is 5.76 Å². The number of carbonyl (C=O) groups excluding carboxylic acids is 2. The molecule has 10 heteroatoms. The van der Waals surface area contributed by atoms with Crippen molar-refractivity contribution in [3.05, 3.63) is 35.2 Å². The van der Waals surface area contributed by atoms with Crippen LogP contribution in [0.3, 0.4) is 0 Å². The average molecular weight is 474 g/mol. The highest BCUT2D eigenvalue weighted by atomic mass is 16.5. The zero-order valence-electron chi connectivity index (χ0n) is 21.0. The summed E-state index contributed by atoms with van der Waals surface area (Å²) >= 11 is 0. The number of likely N-dealkylation sites (N-methyl/N-ethyl adjacent to an activating group) is 1. The van der Waals surface area contributed by atoms with Crippen LogP contribution in [-0.4, -0.2) is 85.0 Å². The van der Waals surface area contributed by atoms with Crippen LogP contribution in [0.5, 0.6) is 5.75 Å². The van der Waals surface area contributed by atoms with Crippen LogP contribution < -0.4 is 15.0 Å². The summed E-state index contributed by atoms with van der Waals surface area (Å²) in [5.41, 5.74) is 2.46. The van der Waals surface area contributed by atoms with Crippen LogP contribution in [0.15, 0.2) is 22.7 Å². The fourth-order valence-electron chi connectivity index (χ4n) is 3.92. The minimum Gasteiger partial charge on any atom is -0.487 e. The van der Waals surface area contributed by atoms with Crippen molar-refractivity contribution in [3.63, 3.8) is 0 Å². The van der Waals surface area contributed by atoms with Gasteiger partial charge in [0.05, 0.1) is 24.8 Å². The molecular weight excluding hydrogens is 438 g/mol. The Labute approximate surface area is 200 Å². The van der Waals surface area contributed by atoms with E-state index in [1.165, 1.54) is 0 Å². The van der Waals surface area contributed by atoms with Gasteiger partial charge in [-0.3, -0.25) is 4.79 Å². The van der Waals surface area contributed by atoms with Gasteiger partial charge in [0.1, 0.15) is 23.2 Å². The highest BCUT2D eigenvalue weighted by Gasteiger charge is 2.34. The van der Waals surface area contributed by atoms with Crippen molar-refractivity contribution in [1.29, 1.82) is 0 Å². The third-order valence-electron chi connectivity index (χ3n) is 6.23. The second-order valence-corrected chi connectivity index (χ2v) is 9.21. The lowest BCUT2D eigenvalue weighted by Crippen LogP contribution is -2.50. The van der Waals surface area contributed by atoms with Gasteiger partial charge in [0, 0.05) is 39.3 Å². The van der Waals surface area contributed by atoms with E-state index in [1.54, 1.807) is 42.8 Å². The number of nitrogens with one attached hydrogen (secondary N) is 1. The smallest absolute Gasteiger partial charge is 0.321 e. The van der Waals surface area contributed by atoms with Gasteiger partial charge < -0.3 is 34.4 Å². The Hall–Kier alpha value is -3.27. The Bertz CT molecular complexity index is 1020. The normalized spacial score (nSPS) is 18.9. The SMILES string of the molecule is Cc1noc(C)c1NC(=O)N(C)C[C@@H]1Oc2ccc(N(C)C)cc2C(=O)N([C@H](C)CO)C[C@@H]1C. The minimum atomic E-state index is -0.383. The first-order chi connectivity index (χ1) is 16.0. The molecule has 0 radical (unpaired) electrons. The van der Waals surface area contributed by atoms with Crippen LogP contribution >= 0.6 is 0 Å². The largest absolute Gasteiger partial charge is 0.487 e. The first-order valence-electron chi connectivity index (χ1n) is 11.4. The van der Waals surface area contributed by atoms with E-state index in [9.17, 15) is 14.7 Å². The first kappa shape index (κ1) is 25.4. The van der Waals surface area contributed by atoms with Crippen molar-refractivity contribution in [2.24, 2.45) is 5.92 Å². The van der Waals surface area contributed by atoms with Crippen LogP contribution in [0.4, 0.5) is 16.2 Å². The second-order valence-electron chi connectivity index (χ2n) is 9.21. The number of aliphatic hydroxyl groups is 1. The fourth-order valence-corrected chi connectivity index (χ4v) is 3.92. The quantitative estimate of drug-likeness (QED) is 0.664. The molecule has 3 atom stereocenters. The molecule has 0 fully saturated rings. The van der Waals surface area contributed by atoms with Gasteiger partial charge in [0.25, 0.3) is 5.91 Å². The molecule has 3 rings (SSSR count). The summed E-state index contributed by atoms with van der Waals surface area (Å²) in [6, 6.07) is 4.82. The molecule has 34 heavy (non-hydrogen) atoms. The van der Waals surface area contributed by atoms with Gasteiger partial charge in [0.2, 0.25) is 0 Å². The third-order valence-corrected chi connectivity index (χ3v) is 6.23. The molecule has 0 aliphatic carbocycles. The maximum Gasteiger partial charge on any atom is 0.321 e. The van der Waals surface area contributed by atoms with Crippen LogP contribution in [-0.2, 0) is 0 Å². The molecule has 10 nitrogen and oxygen atoms in total. The molecule has 186 valence electrons. The van der Waals surface area contributed by atoms with Gasteiger partial charge in [-0.25, -0.2) is 4.79 Å². The molecule has 3 amide bonds. The Morgan fingerprint density at radius 1 is 1.32 bits per heavy atom. The Morgan fingerprint density at radius 3 is 2.62 bits per heavy atom. The van der Waals surface area contributed by atoms with E-state index in [1.807, 2.05) is 38.9 Å². The van der Waals surface area contributed by atoms with Crippen LogP contribution in [0.25, 0.3) is 0 Å². The van der Waals surface area contributed by atoms with Crippen LogP contribution in [0.1, 0.15) is 35.7 Å². The topological polar surface area (TPSA) is 111 Å². The summed E-state index contributed by atoms with van der Waals surface area (Å²) in [7, 11) is 5.50. The first-order valence-corrected chi connectivity index (χ1v) is 11.4. The number of aromatic nitrogens is 1. The predicted octanol–water partition coefficient (Wildman–Crippen LogP) is 2.74. The molecule has 1 aromatic carbocycles. The standard InChI is InChI=1S/C24H35N5O5/c1-14-11-29(15(2)13-30)23(31)19-10-18(27(5)6)8-9-20(19)33-21(14)12-28(7)24(32)25-22-16(3)26-34-17(22)4/h8-10,14-15,21,30H,11-13H2,1-7H3,(H,25,32)/t14-,15+,21-/m0/s1. The molecule has 0 saturated carbocycles. The lowest BCUT2D eigenvalue weighted by Gasteiger charge is -2.38. The number of hydrogen-bond acceptors (Lipinski definition) is 7. The van der Waals surface area contributed by atoms with Crippen LogP contribution in [0, 0.1) is 19.8 Å². The average Bonchev–Trinajstić information content (AvgIpc) is 3.12. The van der Waals surface area contributed by atoms with Crippen molar-refractivity contribution >= 4 is 23.3 Å². The lowest BCUT2D eigenvalue weighted by molar-refractivity contribution is 0.0371. The molecule has 1 aliphatic heterocycles. The summed E-state index contributed by atoms with van der Waals surface area (Å²) in [6.07, 6.45) is -0.383. The lowest BCUT2D eigenvalue weighted by atomic mass is 9.99. The monoisotopic (exact) mass is 473 g/mol. The van der Waals surface area contributed by atoms with Crippen molar-refractivity contribution in [1.82, 2.24) is 15.0 Å². The zero-order chi connectivity index (χ0) is 25.2. The van der Waals surface area contributed by atoms with Crippen molar-refractivity contribution in [2.75, 3.05) is 51.1 Å². The summed E-state index contributed by atoms with van der Waals surface area (Å²) in [4.78, 5) is 31.4. The maximum absolute atomic E-state index is 13.4. The number of aryl methyl sites for hydroxylation is 2. The van der Waals surface area contributed by atoms with Crippen molar-refractivity contribution < 1.29 is 24.0 Å². The van der Waals surface area contributed by atoms with Gasteiger partial charge in [-0.2, -0.15) is 0 Å². The zero-order valence-corrected chi connectivity index (χ0v) is 21.0. The van der Waals surface area contributed by atoms with E-state index in [0.717, 1.165) is 5.69 Å². The van der Waals surface area contributed by atoms with Gasteiger partial charge in [-0.1, -0.05) is 12.1 Å². The van der Waals surface area contributed by atoms with Crippen molar-refractivity contribution in [3.8, 4) is 5.75 Å². The molecule has 0 unspecified atom stereocenters. The summed E-state index contributed by atoms with van der Waals surface area (Å²) in [5.74, 6) is 0.707. The molecule has 0 spiro atoms. The molecule has 0 saturated heterocycles. The molecule has 2 N–H and O–H groups in total. The number of urea groups is 1. The minimum absolute atomic E-state index is 0.103. The van der Waals surface area contributed by atoms with Crippen molar-refractivity contribution in [2.45, 2.75) is 39.8 Å². The molecule has 1 aliphatic rings. The Morgan fingerprint density at radius 2 is 2.03 bits per heavy atom. The van der Waals surface area contributed by atoms with Gasteiger partial charge in [-0.05, 0) is 39.0 Å². The third kappa shape index (κ3) is 5.27. The maximum atomic E-state index is 13.4. The number of benzene rings is 1. The number of amides is 3. The summed E-state index contributed by atoms with van der Waals surface area (Å²) in [6.45, 7) is 7.83. The summed E-state index contributed by atoms with van der Waals surface area (Å²) < 4.78 is 11.5. The number of ether oxygens (including phenoxy) is 1. The van der Waals surface area contributed by atoms with E-state index in [4.69, 9.17) is 9.26 Å². The highest BCUT2D eigenvalue weighted by Crippen LogP contribution is 2.31. The molecule has 2 aromatic rings. The molecule has 0 bridgehead atoms. The second kappa shape index (κ2) is 10.3. The number of carbonyl (C=O) groups is 2. The predicted molar refractivity (Wildman–Crippen MR) is 130 cm³/mol. The van der Waals surface area contributed by atoms with E-state index >= 15 is 0 Å². The van der Waals surface area contributed by atoms with E-state index in [2.05, 4.69) is 10.5 Å². The van der Waals surface area contributed by atoms with Gasteiger partial charge in [-0.15, -0.1) is 0 Å². The van der Waals surface area contributed by atoms with Gasteiger partial charge >= 0.3 is 6.03 Å². The summed E-state index contributed by atoms with van der Waals surface area (Å²) in [5, 5.41) is 16.5. The van der Waals surface area contributed by atoms with E-state index in [-0.39, 0.29) is 36.6 Å². The highest BCUT2D eigenvalue weighted by molar-refractivity contribution is 5.98. The number of anilines is 2. The number of fused-ring (bicyclic) bond motifs is 1. The molecule has 2 heterocycles. The number of aliphatic hydroxyl groups excluding tert-OH is 1. The number of nitrogens with zero attached hydrogens (tertiary/aromatic N) is 4. The Balaban J connectivity index is 1.88. The molecular formula is C24H35N5O5. The number of hydrogen-bond donors (Lipinski definition) is 2. The fraction of sp³-hybridized carbons (Fsp3) is 0.542. The number of rotatable bonds is 6. The van der Waals surface area contributed by atoms with Crippen LogP contribution in [0.2, 0.25) is 0 Å². The molecule has 1 aromatic heterocycles.